The Balaban J connectivity index is 1.53. The Morgan fingerprint density at radius 2 is 1.94 bits per heavy atom. The predicted molar refractivity (Wildman–Crippen MR) is 118 cm³/mol. The molecular weight excluding hydrogens is 495 g/mol. The van der Waals surface area contributed by atoms with Gasteiger partial charge in [-0.25, -0.2) is 13.4 Å². The maximum Gasteiger partial charge on any atom is 0.416 e. The van der Waals surface area contributed by atoms with Gasteiger partial charge in [0.1, 0.15) is 11.5 Å². The molecule has 1 saturated heterocycles. The Hall–Kier alpha value is -3.05. The Bertz CT molecular complexity index is 1320. The van der Waals surface area contributed by atoms with Crippen LogP contribution in [-0.2, 0) is 27.2 Å². The molecule has 0 bridgehead atoms. The number of ether oxygens (including phenoxy) is 1. The van der Waals surface area contributed by atoms with Gasteiger partial charge in [0.2, 0.25) is 5.91 Å². The molecule has 0 aliphatic carbocycles. The summed E-state index contributed by atoms with van der Waals surface area (Å²) in [7, 11) is -3.52. The van der Waals surface area contributed by atoms with Gasteiger partial charge in [-0.2, -0.15) is 13.2 Å². The van der Waals surface area contributed by atoms with Crippen molar-refractivity contribution in [2.75, 3.05) is 19.3 Å². The highest BCUT2D eigenvalue weighted by Gasteiger charge is 2.34. The number of nitrogens with zero attached hydrogens (tertiary/aromatic N) is 3. The summed E-state index contributed by atoms with van der Waals surface area (Å²) in [6.45, 7) is 0.889. The minimum atomic E-state index is -4.66. The van der Waals surface area contributed by atoms with E-state index in [1.54, 1.807) is 23.6 Å². The molecule has 3 aromatic rings. The SMILES string of the molecule is CS(=O)(=O)c1ccc(Oc2cc(CC(=O)N3CC(n4ccnc4)C3)cc(C(F)(F)F)c2)c(Cl)c1. The molecule has 1 aromatic heterocycles. The van der Waals surface area contributed by atoms with Gasteiger partial charge in [0, 0.05) is 31.7 Å². The van der Waals surface area contributed by atoms with Crippen LogP contribution < -0.4 is 4.74 Å². The largest absolute Gasteiger partial charge is 0.456 e. The number of likely N-dealkylation sites (tertiary alicyclic amines) is 1. The van der Waals surface area contributed by atoms with Crippen LogP contribution in [0.1, 0.15) is 17.2 Å². The summed E-state index contributed by atoms with van der Waals surface area (Å²) >= 11 is 6.08. The van der Waals surface area contributed by atoms with Crippen molar-refractivity contribution in [1.82, 2.24) is 14.5 Å². The monoisotopic (exact) mass is 513 g/mol. The first kappa shape index (κ1) is 24.1. The minimum Gasteiger partial charge on any atom is -0.456 e. The van der Waals surface area contributed by atoms with E-state index in [4.69, 9.17) is 16.3 Å². The number of halogens is 4. The highest BCUT2D eigenvalue weighted by Crippen LogP contribution is 2.37. The molecule has 4 rings (SSSR count). The molecule has 1 aliphatic rings. The predicted octanol–water partition coefficient (Wildman–Crippen LogP) is 4.38. The van der Waals surface area contributed by atoms with Crippen molar-refractivity contribution in [3.63, 3.8) is 0 Å². The zero-order valence-electron chi connectivity index (χ0n) is 17.8. The van der Waals surface area contributed by atoms with E-state index in [9.17, 15) is 26.4 Å². The highest BCUT2D eigenvalue weighted by atomic mass is 35.5. The smallest absolute Gasteiger partial charge is 0.416 e. The van der Waals surface area contributed by atoms with Crippen LogP contribution in [-0.4, -0.2) is 48.1 Å². The fourth-order valence-corrected chi connectivity index (χ4v) is 4.46. The first-order valence-corrected chi connectivity index (χ1v) is 12.3. The highest BCUT2D eigenvalue weighted by molar-refractivity contribution is 7.90. The second-order valence-corrected chi connectivity index (χ2v) is 10.4. The average molecular weight is 514 g/mol. The van der Waals surface area contributed by atoms with E-state index in [0.29, 0.717) is 13.1 Å². The van der Waals surface area contributed by atoms with E-state index in [-0.39, 0.29) is 45.4 Å². The number of benzene rings is 2. The van der Waals surface area contributed by atoms with Crippen molar-refractivity contribution in [2.45, 2.75) is 23.5 Å². The van der Waals surface area contributed by atoms with Gasteiger partial charge in [-0.1, -0.05) is 11.6 Å². The van der Waals surface area contributed by atoms with Crippen LogP contribution in [0.2, 0.25) is 5.02 Å². The van der Waals surface area contributed by atoms with Gasteiger partial charge in [-0.05, 0) is 42.0 Å². The third-order valence-electron chi connectivity index (χ3n) is 5.37. The zero-order valence-corrected chi connectivity index (χ0v) is 19.4. The molecule has 0 saturated carbocycles. The van der Waals surface area contributed by atoms with Crippen LogP contribution in [0.4, 0.5) is 13.2 Å². The van der Waals surface area contributed by atoms with Crippen LogP contribution in [0.5, 0.6) is 11.5 Å². The first-order valence-electron chi connectivity index (χ1n) is 10.0. The molecule has 7 nitrogen and oxygen atoms in total. The number of aromatic nitrogens is 2. The molecule has 2 aromatic carbocycles. The number of sulfone groups is 1. The number of hydrogen-bond donors (Lipinski definition) is 0. The molecule has 0 N–H and O–H groups in total. The molecule has 1 fully saturated rings. The number of hydrogen-bond acceptors (Lipinski definition) is 5. The maximum atomic E-state index is 13.5. The standard InChI is InChI=1S/C22H19ClF3N3O4S/c1-34(31,32)18-2-3-20(19(23)10-18)33-17-7-14(6-15(9-17)22(24,25)26)8-21(30)29-11-16(12-29)28-5-4-27-13-28/h2-7,9-10,13,16H,8,11-12H2,1H3. The number of alkyl halides is 3. The molecule has 1 amide bonds. The van der Waals surface area contributed by atoms with Gasteiger partial charge in [-0.15, -0.1) is 0 Å². The third kappa shape index (κ3) is 5.36. The average Bonchev–Trinajstić information content (AvgIpc) is 3.21. The van der Waals surface area contributed by atoms with Crippen LogP contribution >= 0.6 is 11.6 Å². The summed E-state index contributed by atoms with van der Waals surface area (Å²) in [6, 6.07) is 6.80. The zero-order chi connectivity index (χ0) is 24.7. The van der Waals surface area contributed by atoms with Crippen molar-refractivity contribution in [2.24, 2.45) is 0 Å². The number of carbonyl (C=O) groups is 1. The number of imidazole rings is 1. The Morgan fingerprint density at radius 3 is 2.53 bits per heavy atom. The van der Waals surface area contributed by atoms with E-state index in [1.165, 1.54) is 18.2 Å². The lowest BCUT2D eigenvalue weighted by Gasteiger charge is -2.39. The lowest BCUT2D eigenvalue weighted by atomic mass is 10.0. The molecule has 12 heteroatoms. The first-order chi connectivity index (χ1) is 15.9. The molecule has 34 heavy (non-hydrogen) atoms. The second-order valence-electron chi connectivity index (χ2n) is 7.97. The van der Waals surface area contributed by atoms with Crippen LogP contribution in [0, 0.1) is 0 Å². The number of carbonyl (C=O) groups excluding carboxylic acids is 1. The van der Waals surface area contributed by atoms with E-state index in [1.807, 2.05) is 4.57 Å². The van der Waals surface area contributed by atoms with E-state index >= 15 is 0 Å². The fourth-order valence-electron chi connectivity index (χ4n) is 3.53. The Labute approximate surface area is 198 Å². The van der Waals surface area contributed by atoms with Crippen LogP contribution in [0.15, 0.2) is 60.0 Å². The van der Waals surface area contributed by atoms with Crippen molar-refractivity contribution >= 4 is 27.3 Å². The summed E-state index contributed by atoms with van der Waals surface area (Å²) in [4.78, 5) is 18.1. The van der Waals surface area contributed by atoms with Crippen molar-refractivity contribution in [1.29, 1.82) is 0 Å². The topological polar surface area (TPSA) is 81.5 Å². The van der Waals surface area contributed by atoms with E-state index < -0.39 is 21.6 Å². The lowest BCUT2D eigenvalue weighted by Crippen LogP contribution is -2.51. The molecule has 0 radical (unpaired) electrons. The van der Waals surface area contributed by atoms with Crippen molar-refractivity contribution < 1.29 is 31.1 Å². The Morgan fingerprint density at radius 1 is 1.21 bits per heavy atom. The van der Waals surface area contributed by atoms with Crippen LogP contribution in [0.25, 0.3) is 0 Å². The maximum absolute atomic E-state index is 13.5. The van der Waals surface area contributed by atoms with E-state index in [0.717, 1.165) is 24.5 Å². The summed E-state index contributed by atoms with van der Waals surface area (Å²) < 4.78 is 71.2. The Kier molecular flexibility index (Phi) is 6.34. The molecule has 0 atom stereocenters. The van der Waals surface area contributed by atoms with Gasteiger partial charge < -0.3 is 14.2 Å². The molecule has 180 valence electrons. The molecule has 0 spiro atoms. The normalized spacial score (nSPS) is 14.7. The van der Waals surface area contributed by atoms with Gasteiger partial charge in [0.05, 0.1) is 34.3 Å². The van der Waals surface area contributed by atoms with Crippen LogP contribution in [0.3, 0.4) is 0 Å². The fraction of sp³-hybridized carbons (Fsp3) is 0.273. The molecular formula is C22H19ClF3N3O4S. The molecule has 2 heterocycles. The molecule has 1 aliphatic heterocycles. The molecule has 0 unspecified atom stereocenters. The third-order valence-corrected chi connectivity index (χ3v) is 6.78. The summed E-state index contributed by atoms with van der Waals surface area (Å²) in [5.41, 5.74) is -0.846. The number of amides is 1. The second kappa shape index (κ2) is 8.95. The van der Waals surface area contributed by atoms with Gasteiger partial charge >= 0.3 is 6.18 Å². The van der Waals surface area contributed by atoms with Gasteiger partial charge in [0.15, 0.2) is 9.84 Å². The number of rotatable bonds is 6. The van der Waals surface area contributed by atoms with Crippen molar-refractivity contribution in [3.8, 4) is 11.5 Å². The van der Waals surface area contributed by atoms with Gasteiger partial charge in [-0.3, -0.25) is 4.79 Å². The van der Waals surface area contributed by atoms with Gasteiger partial charge in [0.25, 0.3) is 0 Å². The minimum absolute atomic E-state index is 0.0171. The quantitative estimate of drug-likeness (QED) is 0.489. The lowest BCUT2D eigenvalue weighted by molar-refractivity contribution is -0.138. The summed E-state index contributed by atoms with van der Waals surface area (Å²) in [5, 5.41) is -0.0796. The van der Waals surface area contributed by atoms with E-state index in [2.05, 4.69) is 4.98 Å². The summed E-state index contributed by atoms with van der Waals surface area (Å²) in [5.74, 6) is -0.500. The van der Waals surface area contributed by atoms with Crippen molar-refractivity contribution in [3.05, 3.63) is 71.3 Å². The summed E-state index contributed by atoms with van der Waals surface area (Å²) in [6.07, 6.45) is 1.18.